The second-order valence-electron chi connectivity index (χ2n) is 6.92. The fourth-order valence-corrected chi connectivity index (χ4v) is 3.33. The van der Waals surface area contributed by atoms with Crippen LogP contribution in [0, 0.1) is 0 Å². The molecule has 0 aliphatic heterocycles. The number of rotatable bonds is 8. The molecule has 0 N–H and O–H groups in total. The zero-order chi connectivity index (χ0) is 20.6. The lowest BCUT2D eigenvalue weighted by atomic mass is 10.1. The van der Waals surface area contributed by atoms with Crippen LogP contribution in [0.1, 0.15) is 34.5 Å². The Bertz CT molecular complexity index is 984. The molecule has 3 rings (SSSR count). The van der Waals surface area contributed by atoms with Gasteiger partial charge in [0.15, 0.2) is 0 Å². The maximum atomic E-state index is 13.3. The summed E-state index contributed by atoms with van der Waals surface area (Å²) in [6, 6.07) is 22.7. The minimum Gasteiger partial charge on any atom is -0.383 e. The number of carbonyl (C=O) groups is 1. The zero-order valence-corrected chi connectivity index (χ0v) is 16.8. The third-order valence-corrected chi connectivity index (χ3v) is 4.99. The molecule has 5 nitrogen and oxygen atoms in total. The van der Waals surface area contributed by atoms with Crippen molar-refractivity contribution in [1.82, 2.24) is 9.47 Å². The molecule has 3 aromatic rings. The van der Waals surface area contributed by atoms with Gasteiger partial charge in [0.25, 0.3) is 11.5 Å². The van der Waals surface area contributed by atoms with Crippen LogP contribution < -0.4 is 5.56 Å². The summed E-state index contributed by atoms with van der Waals surface area (Å²) >= 11 is 0. The van der Waals surface area contributed by atoms with Crippen LogP contribution in [0.4, 0.5) is 0 Å². The van der Waals surface area contributed by atoms with Crippen molar-refractivity contribution in [3.63, 3.8) is 0 Å². The van der Waals surface area contributed by atoms with E-state index < -0.39 is 0 Å². The standard InChI is InChI=1S/C24H26N2O3/c1-19(21-12-7-4-8-13-21)26(16-17-29-2)24(28)22-14-9-15-25(23(22)27)18-20-10-5-3-6-11-20/h3-15,19H,16-18H2,1-2H3/t19-/m0/s1. The third kappa shape index (κ3) is 5.00. The van der Waals surface area contributed by atoms with Crippen LogP contribution in [-0.2, 0) is 11.3 Å². The Morgan fingerprint density at radius 1 is 1.00 bits per heavy atom. The molecule has 1 heterocycles. The number of aromatic nitrogens is 1. The molecule has 0 spiro atoms. The summed E-state index contributed by atoms with van der Waals surface area (Å²) in [5.41, 5.74) is 1.90. The molecule has 2 aromatic carbocycles. The Morgan fingerprint density at radius 3 is 2.31 bits per heavy atom. The molecular formula is C24H26N2O3. The van der Waals surface area contributed by atoms with Crippen LogP contribution >= 0.6 is 0 Å². The molecule has 1 amide bonds. The van der Waals surface area contributed by atoms with Gasteiger partial charge < -0.3 is 14.2 Å². The van der Waals surface area contributed by atoms with Gasteiger partial charge in [-0.15, -0.1) is 0 Å². The topological polar surface area (TPSA) is 51.5 Å². The van der Waals surface area contributed by atoms with Crippen LogP contribution in [-0.4, -0.2) is 35.6 Å². The molecular weight excluding hydrogens is 364 g/mol. The monoisotopic (exact) mass is 390 g/mol. The largest absolute Gasteiger partial charge is 0.383 e. The van der Waals surface area contributed by atoms with Crippen molar-refractivity contribution in [2.45, 2.75) is 19.5 Å². The number of amides is 1. The summed E-state index contributed by atoms with van der Waals surface area (Å²) in [6.45, 7) is 3.19. The first kappa shape index (κ1) is 20.6. The molecule has 1 atom stereocenters. The number of benzene rings is 2. The molecule has 150 valence electrons. The van der Waals surface area contributed by atoms with Gasteiger partial charge in [0.2, 0.25) is 0 Å². The van der Waals surface area contributed by atoms with Crippen LogP contribution in [0.15, 0.2) is 83.8 Å². The van der Waals surface area contributed by atoms with Crippen molar-refractivity contribution in [2.24, 2.45) is 0 Å². The first-order valence-electron chi connectivity index (χ1n) is 9.70. The molecule has 0 aliphatic carbocycles. The summed E-state index contributed by atoms with van der Waals surface area (Å²) < 4.78 is 6.77. The van der Waals surface area contributed by atoms with Crippen LogP contribution in [0.3, 0.4) is 0 Å². The van der Waals surface area contributed by atoms with Gasteiger partial charge >= 0.3 is 0 Å². The van der Waals surface area contributed by atoms with E-state index in [1.54, 1.807) is 34.9 Å². The Kier molecular flexibility index (Phi) is 6.98. The van der Waals surface area contributed by atoms with Gasteiger partial charge in [-0.1, -0.05) is 60.7 Å². The number of hydrogen-bond acceptors (Lipinski definition) is 3. The fraction of sp³-hybridized carbons (Fsp3) is 0.250. The normalized spacial score (nSPS) is 11.8. The highest BCUT2D eigenvalue weighted by molar-refractivity contribution is 5.94. The summed E-state index contributed by atoms with van der Waals surface area (Å²) in [5.74, 6) is -0.286. The smallest absolute Gasteiger partial charge is 0.263 e. The third-order valence-electron chi connectivity index (χ3n) is 4.99. The van der Waals surface area contributed by atoms with Crippen LogP contribution in [0.25, 0.3) is 0 Å². The molecule has 5 heteroatoms. The molecule has 29 heavy (non-hydrogen) atoms. The lowest BCUT2D eigenvalue weighted by molar-refractivity contribution is 0.0614. The van der Waals surface area contributed by atoms with Gasteiger partial charge in [0.1, 0.15) is 5.56 Å². The van der Waals surface area contributed by atoms with Crippen LogP contribution in [0.2, 0.25) is 0 Å². The first-order valence-corrected chi connectivity index (χ1v) is 9.70. The van der Waals surface area contributed by atoms with E-state index in [2.05, 4.69) is 0 Å². The van der Waals surface area contributed by atoms with E-state index in [-0.39, 0.29) is 23.1 Å². The minimum absolute atomic E-state index is 0.169. The number of carbonyl (C=O) groups excluding carboxylic acids is 1. The van der Waals surface area contributed by atoms with E-state index in [1.807, 2.05) is 67.6 Å². The first-order chi connectivity index (χ1) is 14.1. The molecule has 0 fully saturated rings. The van der Waals surface area contributed by atoms with Gasteiger partial charge in [-0.3, -0.25) is 9.59 Å². The number of nitrogens with zero attached hydrogens (tertiary/aromatic N) is 2. The predicted molar refractivity (Wildman–Crippen MR) is 114 cm³/mol. The van der Waals surface area contributed by atoms with E-state index in [0.29, 0.717) is 19.7 Å². The Hall–Kier alpha value is -3.18. The van der Waals surface area contributed by atoms with Gasteiger partial charge in [-0.25, -0.2) is 0 Å². The Labute approximate surface area is 171 Å². The van der Waals surface area contributed by atoms with Crippen molar-refractivity contribution in [1.29, 1.82) is 0 Å². The van der Waals surface area contributed by atoms with E-state index in [0.717, 1.165) is 11.1 Å². The highest BCUT2D eigenvalue weighted by Crippen LogP contribution is 2.21. The van der Waals surface area contributed by atoms with Crippen molar-refractivity contribution >= 4 is 5.91 Å². The predicted octanol–water partition coefficient (Wildman–Crippen LogP) is 3.75. The second kappa shape index (κ2) is 9.85. The second-order valence-corrected chi connectivity index (χ2v) is 6.92. The molecule has 1 aromatic heterocycles. The SMILES string of the molecule is COCCN(C(=O)c1cccn(Cc2ccccc2)c1=O)[C@@H](C)c1ccccc1. The van der Waals surface area contributed by atoms with E-state index in [9.17, 15) is 9.59 Å². The highest BCUT2D eigenvalue weighted by Gasteiger charge is 2.25. The maximum absolute atomic E-state index is 13.3. The van der Waals surface area contributed by atoms with Gasteiger partial charge in [0.05, 0.1) is 19.2 Å². The average Bonchev–Trinajstić information content (AvgIpc) is 2.76. The minimum atomic E-state index is -0.288. The summed E-state index contributed by atoms with van der Waals surface area (Å²) in [4.78, 5) is 28.1. The van der Waals surface area contributed by atoms with E-state index in [4.69, 9.17) is 4.74 Å². The van der Waals surface area contributed by atoms with Gasteiger partial charge in [0, 0.05) is 19.9 Å². The van der Waals surface area contributed by atoms with E-state index >= 15 is 0 Å². The lowest BCUT2D eigenvalue weighted by Crippen LogP contribution is -2.40. The molecule has 0 saturated carbocycles. The number of pyridine rings is 1. The summed E-state index contributed by atoms with van der Waals surface area (Å²) in [7, 11) is 1.60. The van der Waals surface area contributed by atoms with Crippen LogP contribution in [0.5, 0.6) is 0 Å². The molecule has 0 bridgehead atoms. The quantitative estimate of drug-likeness (QED) is 0.589. The summed E-state index contributed by atoms with van der Waals surface area (Å²) in [6.07, 6.45) is 1.71. The zero-order valence-electron chi connectivity index (χ0n) is 16.8. The maximum Gasteiger partial charge on any atom is 0.263 e. The van der Waals surface area contributed by atoms with Crippen molar-refractivity contribution in [3.05, 3.63) is 106 Å². The Balaban J connectivity index is 1.91. The Morgan fingerprint density at radius 2 is 1.66 bits per heavy atom. The van der Waals surface area contributed by atoms with Gasteiger partial charge in [-0.2, -0.15) is 0 Å². The molecule has 0 aliphatic rings. The van der Waals surface area contributed by atoms with Crippen molar-refractivity contribution in [2.75, 3.05) is 20.3 Å². The number of ether oxygens (including phenoxy) is 1. The molecule has 0 radical (unpaired) electrons. The fourth-order valence-electron chi connectivity index (χ4n) is 3.33. The average molecular weight is 390 g/mol. The number of hydrogen-bond donors (Lipinski definition) is 0. The number of methoxy groups -OCH3 is 1. The molecule has 0 saturated heterocycles. The summed E-state index contributed by atoms with van der Waals surface area (Å²) in [5, 5.41) is 0. The molecule has 0 unspecified atom stereocenters. The highest BCUT2D eigenvalue weighted by atomic mass is 16.5. The van der Waals surface area contributed by atoms with E-state index in [1.165, 1.54) is 0 Å². The van der Waals surface area contributed by atoms with Gasteiger partial charge in [-0.05, 0) is 30.2 Å². The van der Waals surface area contributed by atoms with Crippen molar-refractivity contribution in [3.8, 4) is 0 Å². The lowest BCUT2D eigenvalue weighted by Gasteiger charge is -2.29. The van der Waals surface area contributed by atoms with Crippen molar-refractivity contribution < 1.29 is 9.53 Å².